The van der Waals surface area contributed by atoms with Crippen LogP contribution in [0.5, 0.6) is 0 Å². The summed E-state index contributed by atoms with van der Waals surface area (Å²) in [5, 5.41) is 3.35. The summed E-state index contributed by atoms with van der Waals surface area (Å²) in [4.78, 5) is 22.8. The predicted molar refractivity (Wildman–Crippen MR) is 54.9 cm³/mol. The lowest BCUT2D eigenvalue weighted by atomic mass is 10.1. The first-order valence-electron chi connectivity index (χ1n) is 4.47. The van der Waals surface area contributed by atoms with Crippen LogP contribution in [0.15, 0.2) is 10.8 Å². The van der Waals surface area contributed by atoms with Gasteiger partial charge in [-0.25, -0.2) is 4.79 Å². The minimum absolute atomic E-state index is 0.0192. The maximum Gasteiger partial charge on any atom is 0.339 e. The monoisotopic (exact) mass is 212 g/mol. The Morgan fingerprint density at radius 2 is 1.93 bits per heavy atom. The summed E-state index contributed by atoms with van der Waals surface area (Å²) >= 11 is 1.34. The molecule has 0 saturated carbocycles. The lowest BCUT2D eigenvalue weighted by Gasteiger charge is -2.01. The Kier molecular flexibility index (Phi) is 3.83. The maximum absolute atomic E-state index is 11.4. The van der Waals surface area contributed by atoms with E-state index in [-0.39, 0.29) is 5.78 Å². The van der Waals surface area contributed by atoms with Crippen LogP contribution < -0.4 is 0 Å². The molecule has 0 aliphatic carbocycles. The molecule has 0 N–H and O–H groups in total. The Bertz CT molecular complexity index is 341. The molecule has 0 saturated heterocycles. The van der Waals surface area contributed by atoms with Crippen molar-refractivity contribution in [2.75, 3.05) is 6.61 Å². The second-order valence-electron chi connectivity index (χ2n) is 2.70. The minimum atomic E-state index is -0.412. The smallest absolute Gasteiger partial charge is 0.339 e. The fraction of sp³-hybridized carbons (Fsp3) is 0.400. The van der Waals surface area contributed by atoms with Gasteiger partial charge >= 0.3 is 5.97 Å². The zero-order chi connectivity index (χ0) is 10.6. The van der Waals surface area contributed by atoms with Crippen molar-refractivity contribution in [3.8, 4) is 0 Å². The van der Waals surface area contributed by atoms with Gasteiger partial charge in [0.05, 0.1) is 12.2 Å². The van der Waals surface area contributed by atoms with Crippen molar-refractivity contribution in [2.45, 2.75) is 20.3 Å². The van der Waals surface area contributed by atoms with E-state index < -0.39 is 5.97 Å². The Hall–Kier alpha value is -1.16. The highest BCUT2D eigenvalue weighted by molar-refractivity contribution is 7.08. The van der Waals surface area contributed by atoms with Gasteiger partial charge in [-0.2, -0.15) is 11.3 Å². The molecule has 0 radical (unpaired) electrons. The van der Waals surface area contributed by atoms with Crippen LogP contribution in [0.2, 0.25) is 0 Å². The fourth-order valence-electron chi connectivity index (χ4n) is 1.07. The van der Waals surface area contributed by atoms with Crippen LogP contribution in [0.4, 0.5) is 0 Å². The summed E-state index contributed by atoms with van der Waals surface area (Å²) in [6.45, 7) is 3.84. The molecule has 0 bridgehead atoms. The lowest BCUT2D eigenvalue weighted by Crippen LogP contribution is -2.08. The van der Waals surface area contributed by atoms with E-state index >= 15 is 0 Å². The van der Waals surface area contributed by atoms with E-state index in [1.807, 2.05) is 0 Å². The predicted octanol–water partition coefficient (Wildman–Crippen LogP) is 2.52. The second kappa shape index (κ2) is 4.91. The summed E-state index contributed by atoms with van der Waals surface area (Å²) in [7, 11) is 0. The largest absolute Gasteiger partial charge is 0.462 e. The van der Waals surface area contributed by atoms with E-state index in [0.717, 1.165) is 0 Å². The van der Waals surface area contributed by atoms with E-state index in [2.05, 4.69) is 0 Å². The molecule has 1 heterocycles. The maximum atomic E-state index is 11.4. The van der Waals surface area contributed by atoms with Gasteiger partial charge in [0.25, 0.3) is 0 Å². The Labute approximate surface area is 86.7 Å². The summed E-state index contributed by atoms with van der Waals surface area (Å²) in [5.74, 6) is -0.431. The first kappa shape index (κ1) is 10.9. The van der Waals surface area contributed by atoms with Crippen molar-refractivity contribution in [2.24, 2.45) is 0 Å². The topological polar surface area (TPSA) is 43.4 Å². The van der Waals surface area contributed by atoms with E-state index in [4.69, 9.17) is 4.74 Å². The molecule has 0 atom stereocenters. The highest BCUT2D eigenvalue weighted by Gasteiger charge is 2.17. The van der Waals surface area contributed by atoms with Gasteiger partial charge in [0.15, 0.2) is 5.78 Å². The van der Waals surface area contributed by atoms with Crippen LogP contribution in [0.1, 0.15) is 41.0 Å². The van der Waals surface area contributed by atoms with Gasteiger partial charge in [-0.15, -0.1) is 0 Å². The molecule has 1 aromatic rings. The zero-order valence-electron chi connectivity index (χ0n) is 8.20. The normalized spacial score (nSPS) is 9.86. The van der Waals surface area contributed by atoms with Crippen molar-refractivity contribution >= 4 is 23.1 Å². The van der Waals surface area contributed by atoms with Crippen molar-refractivity contribution < 1.29 is 14.3 Å². The Morgan fingerprint density at radius 1 is 1.29 bits per heavy atom. The molecular weight excluding hydrogens is 200 g/mol. The number of ether oxygens (including phenoxy) is 1. The molecule has 4 heteroatoms. The number of Topliss-reactive ketones (excluding diaryl/α,β-unsaturated/α-hetero) is 1. The van der Waals surface area contributed by atoms with Gasteiger partial charge in [0, 0.05) is 22.7 Å². The first-order valence-corrected chi connectivity index (χ1v) is 5.41. The van der Waals surface area contributed by atoms with Crippen molar-refractivity contribution in [3.63, 3.8) is 0 Å². The van der Waals surface area contributed by atoms with Gasteiger partial charge in [0.2, 0.25) is 0 Å². The molecule has 0 fully saturated rings. The molecule has 76 valence electrons. The SMILES string of the molecule is CCOC(=O)c1cscc1C(=O)CC. The average molecular weight is 212 g/mol. The highest BCUT2D eigenvalue weighted by Crippen LogP contribution is 2.17. The molecule has 14 heavy (non-hydrogen) atoms. The number of hydrogen-bond donors (Lipinski definition) is 0. The van der Waals surface area contributed by atoms with E-state index in [0.29, 0.717) is 24.2 Å². The lowest BCUT2D eigenvalue weighted by molar-refractivity contribution is 0.0524. The summed E-state index contributed by atoms with van der Waals surface area (Å²) in [5.41, 5.74) is 0.875. The number of hydrogen-bond acceptors (Lipinski definition) is 4. The van der Waals surface area contributed by atoms with Gasteiger partial charge in [0.1, 0.15) is 0 Å². The van der Waals surface area contributed by atoms with Crippen LogP contribution in [0, 0.1) is 0 Å². The highest BCUT2D eigenvalue weighted by atomic mass is 32.1. The van der Waals surface area contributed by atoms with Crippen molar-refractivity contribution in [1.29, 1.82) is 0 Å². The molecule has 1 rings (SSSR count). The van der Waals surface area contributed by atoms with Crippen LogP contribution in [-0.4, -0.2) is 18.4 Å². The molecule has 0 spiro atoms. The fourth-order valence-corrected chi connectivity index (χ4v) is 1.89. The Balaban J connectivity index is 2.92. The summed E-state index contributed by atoms with van der Waals surface area (Å²) in [6, 6.07) is 0. The molecule has 3 nitrogen and oxygen atoms in total. The second-order valence-corrected chi connectivity index (χ2v) is 3.44. The standard InChI is InChI=1S/C10H12O3S/c1-3-9(11)7-5-14-6-8(7)10(12)13-4-2/h5-6H,3-4H2,1-2H3. The molecule has 0 aromatic carbocycles. The molecule has 0 amide bonds. The third kappa shape index (κ3) is 2.20. The zero-order valence-corrected chi connectivity index (χ0v) is 9.02. The molecule has 0 aliphatic heterocycles. The van der Waals surface area contributed by atoms with Crippen LogP contribution in [0.3, 0.4) is 0 Å². The van der Waals surface area contributed by atoms with Gasteiger partial charge in [-0.1, -0.05) is 6.92 Å². The minimum Gasteiger partial charge on any atom is -0.462 e. The third-order valence-corrected chi connectivity index (χ3v) is 2.52. The van der Waals surface area contributed by atoms with Crippen LogP contribution >= 0.6 is 11.3 Å². The van der Waals surface area contributed by atoms with Crippen molar-refractivity contribution in [1.82, 2.24) is 0 Å². The third-order valence-electron chi connectivity index (χ3n) is 1.78. The van der Waals surface area contributed by atoms with Crippen molar-refractivity contribution in [3.05, 3.63) is 21.9 Å². The van der Waals surface area contributed by atoms with E-state index in [1.165, 1.54) is 11.3 Å². The van der Waals surface area contributed by atoms with Gasteiger partial charge in [-0.05, 0) is 6.92 Å². The molecular formula is C10H12O3S. The van der Waals surface area contributed by atoms with Gasteiger partial charge < -0.3 is 4.74 Å². The van der Waals surface area contributed by atoms with Gasteiger partial charge in [-0.3, -0.25) is 4.79 Å². The van der Waals surface area contributed by atoms with E-state index in [9.17, 15) is 9.59 Å². The van der Waals surface area contributed by atoms with Crippen LogP contribution in [-0.2, 0) is 4.74 Å². The summed E-state index contributed by atoms with van der Waals surface area (Å²) < 4.78 is 4.84. The average Bonchev–Trinajstić information content (AvgIpc) is 2.65. The molecule has 1 aromatic heterocycles. The molecule has 0 aliphatic rings. The number of rotatable bonds is 4. The first-order chi connectivity index (χ1) is 6.70. The molecule has 0 unspecified atom stereocenters. The number of ketones is 1. The number of thiophene rings is 1. The Morgan fingerprint density at radius 3 is 2.50 bits per heavy atom. The quantitative estimate of drug-likeness (QED) is 0.569. The summed E-state index contributed by atoms with van der Waals surface area (Å²) in [6.07, 6.45) is 0.406. The van der Waals surface area contributed by atoms with Crippen LogP contribution in [0.25, 0.3) is 0 Å². The number of esters is 1. The number of carbonyl (C=O) groups excluding carboxylic acids is 2. The van der Waals surface area contributed by atoms with E-state index in [1.54, 1.807) is 24.6 Å². The number of carbonyl (C=O) groups is 2.